The number of para-hydroxylation sites is 1. The predicted molar refractivity (Wildman–Crippen MR) is 158 cm³/mol. The lowest BCUT2D eigenvalue weighted by Crippen LogP contribution is -2.29. The summed E-state index contributed by atoms with van der Waals surface area (Å²) in [6.07, 6.45) is 3.76. The van der Waals surface area contributed by atoms with Crippen LogP contribution in [0.2, 0.25) is 10.0 Å². The molecule has 0 radical (unpaired) electrons. The van der Waals surface area contributed by atoms with E-state index in [1.807, 2.05) is 30.3 Å². The van der Waals surface area contributed by atoms with Gasteiger partial charge in [-0.05, 0) is 60.4 Å². The molecule has 1 aliphatic carbocycles. The van der Waals surface area contributed by atoms with Crippen LogP contribution >= 0.6 is 34.5 Å². The highest BCUT2D eigenvalue weighted by atomic mass is 35.5. The fraction of sp³-hybridized carbons (Fsp3) is 0.300. The first-order chi connectivity index (χ1) is 18.1. The van der Waals surface area contributed by atoms with Gasteiger partial charge in [-0.1, -0.05) is 74.7 Å². The number of nitrogens with two attached hydrogens (primary N) is 1. The molecular weight excluding hydrogens is 537 g/mol. The first-order valence-electron chi connectivity index (χ1n) is 12.7. The fourth-order valence-corrected chi connectivity index (χ4v) is 6.85. The van der Waals surface area contributed by atoms with E-state index in [9.17, 15) is 9.59 Å². The van der Waals surface area contributed by atoms with Crippen LogP contribution in [0.1, 0.15) is 64.8 Å². The van der Waals surface area contributed by atoms with Crippen molar-refractivity contribution in [1.82, 2.24) is 4.98 Å². The lowest BCUT2D eigenvalue weighted by atomic mass is 9.69. The first kappa shape index (κ1) is 26.7. The Labute approximate surface area is 236 Å². The number of carbonyl (C=O) groups excluding carboxylic acids is 2. The molecule has 3 N–H and O–H groups in total. The largest absolute Gasteiger partial charge is 0.365 e. The Hall–Kier alpha value is -2.93. The summed E-state index contributed by atoms with van der Waals surface area (Å²) < 4.78 is 0. The van der Waals surface area contributed by atoms with Gasteiger partial charge in [0.15, 0.2) is 0 Å². The second-order valence-corrected chi connectivity index (χ2v) is 12.4. The molecule has 2 amide bonds. The van der Waals surface area contributed by atoms with Crippen LogP contribution in [0, 0.1) is 11.3 Å². The molecule has 4 aromatic rings. The van der Waals surface area contributed by atoms with E-state index >= 15 is 0 Å². The average Bonchev–Trinajstić information content (AvgIpc) is 3.26. The van der Waals surface area contributed by atoms with Gasteiger partial charge in [-0.2, -0.15) is 0 Å². The van der Waals surface area contributed by atoms with Crippen LogP contribution < -0.4 is 11.1 Å². The number of anilines is 1. The fourth-order valence-electron chi connectivity index (χ4n) is 5.23. The number of benzene rings is 2. The summed E-state index contributed by atoms with van der Waals surface area (Å²) in [6.45, 7) is 6.82. The molecule has 38 heavy (non-hydrogen) atoms. The summed E-state index contributed by atoms with van der Waals surface area (Å²) >= 11 is 13.8. The van der Waals surface area contributed by atoms with Gasteiger partial charge in [0, 0.05) is 15.8 Å². The van der Waals surface area contributed by atoms with Crippen molar-refractivity contribution in [3.05, 3.63) is 80.1 Å². The van der Waals surface area contributed by atoms with E-state index in [0.717, 1.165) is 41.7 Å². The van der Waals surface area contributed by atoms with Gasteiger partial charge >= 0.3 is 0 Å². The van der Waals surface area contributed by atoms with Crippen molar-refractivity contribution < 1.29 is 9.59 Å². The monoisotopic (exact) mass is 565 g/mol. The van der Waals surface area contributed by atoms with Crippen LogP contribution in [0.15, 0.2) is 48.5 Å². The third-order valence-electron chi connectivity index (χ3n) is 7.93. The van der Waals surface area contributed by atoms with Crippen LogP contribution in [0.5, 0.6) is 0 Å². The second kappa shape index (κ2) is 10.3. The van der Waals surface area contributed by atoms with E-state index in [1.165, 1.54) is 11.3 Å². The van der Waals surface area contributed by atoms with Crippen LogP contribution in [0.3, 0.4) is 0 Å². The zero-order valence-corrected chi connectivity index (χ0v) is 23.9. The lowest BCUT2D eigenvalue weighted by molar-refractivity contribution is 0.0999. The zero-order chi connectivity index (χ0) is 27.2. The minimum atomic E-state index is -0.512. The molecule has 1 unspecified atom stereocenters. The summed E-state index contributed by atoms with van der Waals surface area (Å²) in [5, 5.41) is 5.10. The smallest absolute Gasteiger partial charge is 0.257 e. The third-order valence-corrected chi connectivity index (χ3v) is 9.84. The Morgan fingerprint density at radius 2 is 1.89 bits per heavy atom. The van der Waals surface area contributed by atoms with E-state index in [0.29, 0.717) is 48.7 Å². The minimum absolute atomic E-state index is 0.203. The Kier molecular flexibility index (Phi) is 7.25. The Bertz CT molecular complexity index is 1580. The standard InChI is InChI=1S/C30H29Cl2N3O2S/c1-4-30(2,3)17-10-11-19-25(14-17)38-29(26(19)27(33)36)35-28(37)20-15-24(16-9-12-21(31)22(32)13-16)34-23-8-6-5-7-18(20)23/h5-9,12-13,15,17H,4,10-11,14H2,1-3H3,(H2,33,36)(H,35,37). The van der Waals surface area contributed by atoms with Gasteiger partial charge in [0.2, 0.25) is 0 Å². The molecule has 5 nitrogen and oxygen atoms in total. The SMILES string of the molecule is CCC(C)(C)C1CCc2c(sc(NC(=O)c3cc(-c4ccc(Cl)c(Cl)c4)nc4ccccc34)c2C(N)=O)C1. The molecule has 2 aromatic carbocycles. The van der Waals surface area contributed by atoms with Crippen molar-refractivity contribution in [2.75, 3.05) is 5.32 Å². The highest BCUT2D eigenvalue weighted by Crippen LogP contribution is 2.45. The second-order valence-electron chi connectivity index (χ2n) is 10.5. The van der Waals surface area contributed by atoms with Crippen molar-refractivity contribution >= 4 is 62.3 Å². The Balaban J connectivity index is 1.54. The van der Waals surface area contributed by atoms with E-state index in [-0.39, 0.29) is 11.3 Å². The molecule has 0 fully saturated rings. The van der Waals surface area contributed by atoms with Crippen molar-refractivity contribution in [3.63, 3.8) is 0 Å². The number of fused-ring (bicyclic) bond motifs is 2. The highest BCUT2D eigenvalue weighted by molar-refractivity contribution is 7.17. The molecule has 196 valence electrons. The van der Waals surface area contributed by atoms with Gasteiger partial charge < -0.3 is 11.1 Å². The molecule has 5 rings (SSSR count). The van der Waals surface area contributed by atoms with Crippen molar-refractivity contribution in [1.29, 1.82) is 0 Å². The summed E-state index contributed by atoms with van der Waals surface area (Å²) in [4.78, 5) is 32.2. The Morgan fingerprint density at radius 1 is 1.13 bits per heavy atom. The number of primary amides is 1. The highest BCUT2D eigenvalue weighted by Gasteiger charge is 2.35. The maximum atomic E-state index is 13.8. The number of aromatic nitrogens is 1. The molecule has 0 spiro atoms. The molecule has 1 atom stereocenters. The molecule has 8 heteroatoms. The normalized spacial score (nSPS) is 15.3. The van der Waals surface area contributed by atoms with Crippen LogP contribution in [-0.2, 0) is 12.8 Å². The quantitative estimate of drug-likeness (QED) is 0.247. The molecular formula is C30H29Cl2N3O2S. The first-order valence-corrected chi connectivity index (χ1v) is 14.3. The number of rotatable bonds is 6. The van der Waals surface area contributed by atoms with Gasteiger partial charge in [-0.15, -0.1) is 11.3 Å². The number of thiophene rings is 1. The Morgan fingerprint density at radius 3 is 2.61 bits per heavy atom. The number of amides is 2. The number of carbonyl (C=O) groups is 2. The maximum absolute atomic E-state index is 13.8. The molecule has 1 aliphatic rings. The predicted octanol–water partition coefficient (Wildman–Crippen LogP) is 8.16. The summed E-state index contributed by atoms with van der Waals surface area (Å²) in [7, 11) is 0. The minimum Gasteiger partial charge on any atom is -0.365 e. The molecule has 2 heterocycles. The third kappa shape index (κ3) is 4.93. The van der Waals surface area contributed by atoms with Crippen molar-refractivity contribution in [2.45, 2.75) is 46.5 Å². The molecule has 0 saturated heterocycles. The average molecular weight is 567 g/mol. The van der Waals surface area contributed by atoms with E-state index in [2.05, 4.69) is 26.1 Å². The van der Waals surface area contributed by atoms with Gasteiger partial charge in [-0.3, -0.25) is 9.59 Å². The molecule has 0 bridgehead atoms. The summed E-state index contributed by atoms with van der Waals surface area (Å²) in [5.74, 6) is -0.320. The number of hydrogen-bond acceptors (Lipinski definition) is 4. The van der Waals surface area contributed by atoms with Gasteiger partial charge in [0.05, 0.1) is 32.4 Å². The molecule has 0 aliphatic heterocycles. The van der Waals surface area contributed by atoms with E-state index < -0.39 is 5.91 Å². The van der Waals surface area contributed by atoms with E-state index in [1.54, 1.807) is 18.2 Å². The lowest BCUT2D eigenvalue weighted by Gasteiger charge is -2.36. The van der Waals surface area contributed by atoms with Gasteiger partial charge in [0.1, 0.15) is 5.00 Å². The van der Waals surface area contributed by atoms with Crippen molar-refractivity contribution in [3.8, 4) is 11.3 Å². The number of nitrogens with zero attached hydrogens (tertiary/aromatic N) is 1. The number of nitrogens with one attached hydrogen (secondary N) is 1. The number of pyridine rings is 1. The topological polar surface area (TPSA) is 85.1 Å². The van der Waals surface area contributed by atoms with Gasteiger partial charge in [-0.25, -0.2) is 4.98 Å². The van der Waals surface area contributed by atoms with E-state index in [4.69, 9.17) is 33.9 Å². The zero-order valence-electron chi connectivity index (χ0n) is 21.5. The van der Waals surface area contributed by atoms with Crippen LogP contribution in [0.4, 0.5) is 5.00 Å². The number of hydrogen-bond donors (Lipinski definition) is 2. The summed E-state index contributed by atoms with van der Waals surface area (Å²) in [5.41, 5.74) is 9.93. The molecule has 0 saturated carbocycles. The van der Waals surface area contributed by atoms with Gasteiger partial charge in [0.25, 0.3) is 11.8 Å². The van der Waals surface area contributed by atoms with Crippen LogP contribution in [-0.4, -0.2) is 16.8 Å². The molecule has 2 aromatic heterocycles. The van der Waals surface area contributed by atoms with Crippen molar-refractivity contribution in [2.24, 2.45) is 17.1 Å². The van der Waals surface area contributed by atoms with Crippen LogP contribution in [0.25, 0.3) is 22.2 Å². The summed E-state index contributed by atoms with van der Waals surface area (Å²) in [6, 6.07) is 14.5. The maximum Gasteiger partial charge on any atom is 0.257 e. The number of halogens is 2.